The molecule has 0 bridgehead atoms. The number of carbonyl (C=O) groups is 2. The van der Waals surface area contributed by atoms with Crippen LogP contribution in [-0.2, 0) is 10.2 Å². The maximum atomic E-state index is 12.9. The maximum absolute atomic E-state index is 12.9. The lowest BCUT2D eigenvalue weighted by Crippen LogP contribution is -2.38. The Bertz CT molecular complexity index is 1070. The number of carbonyl (C=O) groups excluding carboxylic acids is 2. The molecule has 31 heavy (non-hydrogen) atoms. The highest BCUT2D eigenvalue weighted by molar-refractivity contribution is 6.33. The number of hydrogen-bond acceptors (Lipinski definition) is 3. The standard InChI is InChI=1S/C24H27ClN4O2/c1-5-28(23(31)18-13-9-10-14-19(18)25)16-22(30)26-21-15-20(24(2,3)4)27-29(21)17-11-7-6-8-12-17/h6-15H,5,16H2,1-4H3,(H,26,30). The van der Waals surface area contributed by atoms with Crippen molar-refractivity contribution in [3.8, 4) is 5.69 Å². The van der Waals surface area contributed by atoms with Crippen LogP contribution in [0.1, 0.15) is 43.7 Å². The van der Waals surface area contributed by atoms with E-state index in [4.69, 9.17) is 16.7 Å². The van der Waals surface area contributed by atoms with Crippen molar-refractivity contribution in [2.75, 3.05) is 18.4 Å². The lowest BCUT2D eigenvalue weighted by atomic mass is 9.92. The van der Waals surface area contributed by atoms with E-state index in [9.17, 15) is 9.59 Å². The SMILES string of the molecule is CCN(CC(=O)Nc1cc(C(C)(C)C)nn1-c1ccccc1)C(=O)c1ccccc1Cl. The number of aromatic nitrogens is 2. The van der Waals surface area contributed by atoms with Crippen LogP contribution in [0, 0.1) is 0 Å². The molecule has 0 aliphatic rings. The van der Waals surface area contributed by atoms with Gasteiger partial charge in [0.05, 0.1) is 22.0 Å². The maximum Gasteiger partial charge on any atom is 0.255 e. The monoisotopic (exact) mass is 438 g/mol. The van der Waals surface area contributed by atoms with Crippen LogP contribution in [0.15, 0.2) is 60.7 Å². The van der Waals surface area contributed by atoms with Gasteiger partial charge >= 0.3 is 0 Å². The first kappa shape index (κ1) is 22.6. The van der Waals surface area contributed by atoms with E-state index < -0.39 is 0 Å². The number of nitrogens with zero attached hydrogens (tertiary/aromatic N) is 3. The molecule has 0 aliphatic heterocycles. The zero-order valence-corrected chi connectivity index (χ0v) is 19.0. The second kappa shape index (κ2) is 9.35. The molecule has 1 aromatic heterocycles. The lowest BCUT2D eigenvalue weighted by Gasteiger charge is -2.21. The normalized spacial score (nSPS) is 11.3. The first-order chi connectivity index (χ1) is 14.7. The Hall–Kier alpha value is -3.12. The van der Waals surface area contributed by atoms with Crippen molar-refractivity contribution in [3.63, 3.8) is 0 Å². The molecule has 2 aromatic carbocycles. The summed E-state index contributed by atoms with van der Waals surface area (Å²) in [6, 6.07) is 18.3. The van der Waals surface area contributed by atoms with E-state index >= 15 is 0 Å². The van der Waals surface area contributed by atoms with Crippen molar-refractivity contribution in [1.82, 2.24) is 14.7 Å². The highest BCUT2D eigenvalue weighted by atomic mass is 35.5. The van der Waals surface area contributed by atoms with E-state index in [1.165, 1.54) is 4.90 Å². The summed E-state index contributed by atoms with van der Waals surface area (Å²) in [6.45, 7) is 8.31. The van der Waals surface area contributed by atoms with E-state index in [1.807, 2.05) is 43.3 Å². The van der Waals surface area contributed by atoms with Crippen molar-refractivity contribution in [1.29, 1.82) is 0 Å². The van der Waals surface area contributed by atoms with E-state index in [2.05, 4.69) is 26.1 Å². The van der Waals surface area contributed by atoms with Crippen molar-refractivity contribution in [3.05, 3.63) is 76.9 Å². The fourth-order valence-corrected chi connectivity index (χ4v) is 3.31. The molecule has 0 spiro atoms. The van der Waals surface area contributed by atoms with Gasteiger partial charge in [-0.2, -0.15) is 5.10 Å². The molecule has 3 rings (SSSR count). The molecule has 162 valence electrons. The van der Waals surface area contributed by atoms with Gasteiger partial charge in [0.15, 0.2) is 0 Å². The van der Waals surface area contributed by atoms with Gasteiger partial charge < -0.3 is 10.2 Å². The number of anilines is 1. The molecule has 0 fully saturated rings. The van der Waals surface area contributed by atoms with Crippen LogP contribution in [0.2, 0.25) is 5.02 Å². The van der Waals surface area contributed by atoms with Crippen LogP contribution in [-0.4, -0.2) is 39.6 Å². The first-order valence-corrected chi connectivity index (χ1v) is 10.6. The predicted octanol–water partition coefficient (Wildman–Crippen LogP) is 4.92. The van der Waals surface area contributed by atoms with Crippen molar-refractivity contribution < 1.29 is 9.59 Å². The Balaban J connectivity index is 1.83. The van der Waals surface area contributed by atoms with Crippen LogP contribution >= 0.6 is 11.6 Å². The Morgan fingerprint density at radius 2 is 1.71 bits per heavy atom. The minimum absolute atomic E-state index is 0.0919. The number of rotatable bonds is 6. The molecule has 2 amide bonds. The number of benzene rings is 2. The Labute approximate surface area is 187 Å². The number of para-hydroxylation sites is 1. The van der Waals surface area contributed by atoms with Crippen LogP contribution in [0.25, 0.3) is 5.69 Å². The molecule has 0 radical (unpaired) electrons. The highest BCUT2D eigenvalue weighted by Gasteiger charge is 2.23. The van der Waals surface area contributed by atoms with E-state index in [1.54, 1.807) is 28.9 Å². The summed E-state index contributed by atoms with van der Waals surface area (Å²) >= 11 is 6.16. The Morgan fingerprint density at radius 1 is 1.06 bits per heavy atom. The first-order valence-electron chi connectivity index (χ1n) is 10.2. The molecular weight excluding hydrogens is 412 g/mol. The van der Waals surface area contributed by atoms with Gasteiger partial charge in [0.25, 0.3) is 5.91 Å². The minimum Gasteiger partial charge on any atom is -0.330 e. The van der Waals surface area contributed by atoms with E-state index in [-0.39, 0.29) is 23.8 Å². The molecule has 0 saturated heterocycles. The summed E-state index contributed by atoms with van der Waals surface area (Å²) in [5, 5.41) is 7.99. The predicted molar refractivity (Wildman–Crippen MR) is 124 cm³/mol. The quantitative estimate of drug-likeness (QED) is 0.593. The van der Waals surface area contributed by atoms with Crippen LogP contribution < -0.4 is 5.32 Å². The highest BCUT2D eigenvalue weighted by Crippen LogP contribution is 2.26. The number of likely N-dealkylation sites (N-methyl/N-ethyl adjacent to an activating group) is 1. The Kier molecular flexibility index (Phi) is 6.81. The van der Waals surface area contributed by atoms with Gasteiger partial charge in [-0.05, 0) is 31.2 Å². The third-order valence-corrected chi connectivity index (χ3v) is 5.18. The summed E-state index contributed by atoms with van der Waals surface area (Å²) in [7, 11) is 0. The van der Waals surface area contributed by atoms with Crippen molar-refractivity contribution >= 4 is 29.2 Å². The fourth-order valence-electron chi connectivity index (χ4n) is 3.09. The third-order valence-electron chi connectivity index (χ3n) is 4.85. The number of halogens is 1. The van der Waals surface area contributed by atoms with Gasteiger partial charge in [-0.3, -0.25) is 9.59 Å². The molecule has 0 aliphatic carbocycles. The largest absolute Gasteiger partial charge is 0.330 e. The number of hydrogen-bond donors (Lipinski definition) is 1. The topological polar surface area (TPSA) is 67.2 Å². The van der Waals surface area contributed by atoms with E-state index in [0.717, 1.165) is 11.4 Å². The van der Waals surface area contributed by atoms with Crippen LogP contribution in [0.5, 0.6) is 0 Å². The summed E-state index contributed by atoms with van der Waals surface area (Å²) in [5.74, 6) is -0.0302. The van der Waals surface area contributed by atoms with Crippen LogP contribution in [0.4, 0.5) is 5.82 Å². The van der Waals surface area contributed by atoms with Crippen molar-refractivity contribution in [2.24, 2.45) is 0 Å². The minimum atomic E-state index is -0.306. The van der Waals surface area contributed by atoms with Gasteiger partial charge in [0, 0.05) is 18.0 Å². The molecular formula is C24H27ClN4O2. The average Bonchev–Trinajstić information content (AvgIpc) is 3.16. The van der Waals surface area contributed by atoms with Gasteiger partial charge in [0.2, 0.25) is 5.91 Å². The molecule has 1 N–H and O–H groups in total. The summed E-state index contributed by atoms with van der Waals surface area (Å²) in [6.07, 6.45) is 0. The second-order valence-corrected chi connectivity index (χ2v) is 8.67. The fraction of sp³-hybridized carbons (Fsp3) is 0.292. The number of amides is 2. The zero-order chi connectivity index (χ0) is 22.6. The van der Waals surface area contributed by atoms with E-state index in [0.29, 0.717) is 22.9 Å². The van der Waals surface area contributed by atoms with Crippen molar-refractivity contribution in [2.45, 2.75) is 33.1 Å². The van der Waals surface area contributed by atoms with Gasteiger partial charge in [-0.1, -0.05) is 62.7 Å². The third kappa shape index (κ3) is 5.33. The summed E-state index contributed by atoms with van der Waals surface area (Å²) < 4.78 is 1.71. The number of nitrogens with one attached hydrogen (secondary N) is 1. The van der Waals surface area contributed by atoms with Gasteiger partial charge in [-0.25, -0.2) is 4.68 Å². The molecule has 6 nitrogen and oxygen atoms in total. The van der Waals surface area contributed by atoms with Crippen LogP contribution in [0.3, 0.4) is 0 Å². The summed E-state index contributed by atoms with van der Waals surface area (Å²) in [5.41, 5.74) is 1.89. The molecule has 7 heteroatoms. The average molecular weight is 439 g/mol. The molecule has 3 aromatic rings. The zero-order valence-electron chi connectivity index (χ0n) is 18.2. The molecule has 0 unspecified atom stereocenters. The van der Waals surface area contributed by atoms with Gasteiger partial charge in [0.1, 0.15) is 12.4 Å². The second-order valence-electron chi connectivity index (χ2n) is 8.26. The Morgan fingerprint density at radius 3 is 2.32 bits per heavy atom. The molecule has 1 heterocycles. The molecule has 0 saturated carbocycles. The van der Waals surface area contributed by atoms with Gasteiger partial charge in [-0.15, -0.1) is 0 Å². The summed E-state index contributed by atoms with van der Waals surface area (Å²) in [4.78, 5) is 27.2. The molecule has 0 atom stereocenters. The lowest BCUT2D eigenvalue weighted by molar-refractivity contribution is -0.116. The smallest absolute Gasteiger partial charge is 0.255 e.